The van der Waals surface area contributed by atoms with E-state index in [9.17, 15) is 13.4 Å². The first-order valence-electron chi connectivity index (χ1n) is 8.78. The monoisotopic (exact) mass is 388 g/mol. The molecule has 1 heterocycles. The van der Waals surface area contributed by atoms with E-state index < -0.39 is 16.6 Å². The van der Waals surface area contributed by atoms with Gasteiger partial charge in [-0.3, -0.25) is 4.21 Å². The summed E-state index contributed by atoms with van der Waals surface area (Å²) in [6.45, 7) is 1.14. The SMILES string of the molecule is COc1ccc2c(c1)C1(CC1)CN(C(=O)Nc1ccc(S(C)=O)c(F)c1)C2. The normalized spacial score (nSPS) is 18.0. The largest absolute Gasteiger partial charge is 0.497 e. The van der Waals surface area contributed by atoms with Crippen LogP contribution in [0.1, 0.15) is 24.0 Å². The number of methoxy groups -OCH3 is 1. The Bertz CT molecular complexity index is 943. The molecule has 2 aliphatic rings. The number of nitrogens with one attached hydrogen (secondary N) is 1. The van der Waals surface area contributed by atoms with Crippen LogP contribution in [0.15, 0.2) is 41.3 Å². The molecule has 27 heavy (non-hydrogen) atoms. The molecule has 7 heteroatoms. The molecular formula is C20H21FN2O3S. The van der Waals surface area contributed by atoms with Crippen LogP contribution in [0.4, 0.5) is 14.9 Å². The maximum atomic E-state index is 14.0. The molecule has 1 atom stereocenters. The summed E-state index contributed by atoms with van der Waals surface area (Å²) in [6.07, 6.45) is 3.51. The van der Waals surface area contributed by atoms with E-state index in [2.05, 4.69) is 11.4 Å². The minimum absolute atomic E-state index is 0.00762. The molecule has 2 amide bonds. The third kappa shape index (κ3) is 3.32. The maximum Gasteiger partial charge on any atom is 0.322 e. The highest BCUT2D eigenvalue weighted by molar-refractivity contribution is 7.84. The van der Waals surface area contributed by atoms with Crippen LogP contribution in [0.2, 0.25) is 0 Å². The predicted octanol–water partition coefficient (Wildman–Crippen LogP) is 3.65. The lowest BCUT2D eigenvalue weighted by Gasteiger charge is -2.35. The Morgan fingerprint density at radius 1 is 1.26 bits per heavy atom. The first-order chi connectivity index (χ1) is 12.9. The Morgan fingerprint density at radius 2 is 2.04 bits per heavy atom. The van der Waals surface area contributed by atoms with Crippen LogP contribution in [-0.2, 0) is 22.8 Å². The van der Waals surface area contributed by atoms with Gasteiger partial charge in [-0.2, -0.15) is 0 Å². The van der Waals surface area contributed by atoms with Crippen LogP contribution in [0.5, 0.6) is 5.75 Å². The number of carbonyl (C=O) groups excluding carboxylic acids is 1. The van der Waals surface area contributed by atoms with Gasteiger partial charge in [0.15, 0.2) is 0 Å². The summed E-state index contributed by atoms with van der Waals surface area (Å²) in [5, 5.41) is 2.76. The first-order valence-corrected chi connectivity index (χ1v) is 10.3. The number of hydrogen-bond acceptors (Lipinski definition) is 3. The zero-order valence-corrected chi connectivity index (χ0v) is 16.1. The minimum Gasteiger partial charge on any atom is -0.497 e. The van der Waals surface area contributed by atoms with Gasteiger partial charge in [0.2, 0.25) is 0 Å². The molecule has 0 aromatic heterocycles. The van der Waals surface area contributed by atoms with Crippen molar-refractivity contribution in [3.63, 3.8) is 0 Å². The third-order valence-corrected chi connectivity index (χ3v) is 6.33. The van der Waals surface area contributed by atoms with E-state index in [-0.39, 0.29) is 16.3 Å². The molecule has 0 bridgehead atoms. The van der Waals surface area contributed by atoms with E-state index in [4.69, 9.17) is 4.74 Å². The van der Waals surface area contributed by atoms with Gasteiger partial charge < -0.3 is 15.0 Å². The molecule has 1 unspecified atom stereocenters. The van der Waals surface area contributed by atoms with Gasteiger partial charge in [0.25, 0.3) is 0 Å². The zero-order valence-electron chi connectivity index (χ0n) is 15.3. The fraction of sp³-hybridized carbons (Fsp3) is 0.350. The fourth-order valence-corrected chi connectivity index (χ4v) is 4.36. The van der Waals surface area contributed by atoms with Gasteiger partial charge in [-0.1, -0.05) is 6.07 Å². The van der Waals surface area contributed by atoms with E-state index in [0.29, 0.717) is 18.8 Å². The Labute approximate surface area is 160 Å². The van der Waals surface area contributed by atoms with Crippen LogP contribution in [-0.4, -0.2) is 35.1 Å². The van der Waals surface area contributed by atoms with Gasteiger partial charge in [0.1, 0.15) is 11.6 Å². The maximum absolute atomic E-state index is 14.0. The predicted molar refractivity (Wildman–Crippen MR) is 102 cm³/mol. The number of rotatable bonds is 3. The molecule has 1 saturated carbocycles. The molecule has 0 saturated heterocycles. The van der Waals surface area contributed by atoms with Crippen LogP contribution in [0, 0.1) is 5.82 Å². The topological polar surface area (TPSA) is 58.6 Å². The van der Waals surface area contributed by atoms with Gasteiger partial charge in [0.05, 0.1) is 22.8 Å². The summed E-state index contributed by atoms with van der Waals surface area (Å²) in [7, 11) is 0.251. The van der Waals surface area contributed by atoms with Gasteiger partial charge in [0, 0.05) is 30.4 Å². The standard InChI is InChI=1S/C20H21FN2O3S/c1-26-15-5-3-13-11-23(12-20(7-8-20)16(13)10-15)19(24)22-14-4-6-18(27(2)25)17(21)9-14/h3-6,9-10H,7-8,11-12H2,1-2H3,(H,22,24). The lowest BCUT2D eigenvalue weighted by Crippen LogP contribution is -2.43. The first kappa shape index (κ1) is 18.0. The molecule has 1 aliphatic carbocycles. The van der Waals surface area contributed by atoms with E-state index >= 15 is 0 Å². The molecule has 1 fully saturated rings. The highest BCUT2D eigenvalue weighted by atomic mass is 32.2. The van der Waals surface area contributed by atoms with Crippen LogP contribution >= 0.6 is 0 Å². The minimum atomic E-state index is -1.40. The van der Waals surface area contributed by atoms with Crippen molar-refractivity contribution in [2.75, 3.05) is 25.2 Å². The van der Waals surface area contributed by atoms with Gasteiger partial charge >= 0.3 is 6.03 Å². The second-order valence-corrected chi connectivity index (χ2v) is 8.54. The van der Waals surface area contributed by atoms with E-state index in [0.717, 1.165) is 24.2 Å². The molecule has 1 N–H and O–H groups in total. The van der Waals surface area contributed by atoms with Crippen molar-refractivity contribution in [3.05, 3.63) is 53.3 Å². The van der Waals surface area contributed by atoms with Crippen LogP contribution < -0.4 is 10.1 Å². The molecule has 2 aromatic rings. The Morgan fingerprint density at radius 3 is 2.67 bits per heavy atom. The number of urea groups is 1. The van der Waals surface area contributed by atoms with Crippen molar-refractivity contribution in [1.82, 2.24) is 4.90 Å². The van der Waals surface area contributed by atoms with Crippen molar-refractivity contribution >= 4 is 22.5 Å². The summed E-state index contributed by atoms with van der Waals surface area (Å²) in [6, 6.07) is 9.98. The average Bonchev–Trinajstić information content (AvgIpc) is 3.41. The number of fused-ring (bicyclic) bond motifs is 2. The smallest absolute Gasteiger partial charge is 0.322 e. The number of nitrogens with zero attached hydrogens (tertiary/aromatic N) is 1. The number of ether oxygens (including phenoxy) is 1. The summed E-state index contributed by atoms with van der Waals surface area (Å²) >= 11 is 0. The Hall–Kier alpha value is -2.41. The summed E-state index contributed by atoms with van der Waals surface area (Å²) in [5.74, 6) is 0.255. The summed E-state index contributed by atoms with van der Waals surface area (Å²) < 4.78 is 30.8. The lowest BCUT2D eigenvalue weighted by molar-refractivity contribution is 0.197. The number of hydrogen-bond donors (Lipinski definition) is 1. The number of benzene rings is 2. The zero-order chi connectivity index (χ0) is 19.2. The van der Waals surface area contributed by atoms with Gasteiger partial charge in [-0.05, 0) is 54.3 Å². The van der Waals surface area contributed by atoms with E-state index in [1.54, 1.807) is 18.1 Å². The second kappa shape index (κ2) is 6.64. The molecular weight excluding hydrogens is 367 g/mol. The molecule has 1 spiro atoms. The van der Waals surface area contributed by atoms with Crippen molar-refractivity contribution in [2.45, 2.75) is 29.7 Å². The van der Waals surface area contributed by atoms with Crippen LogP contribution in [0.25, 0.3) is 0 Å². The van der Waals surface area contributed by atoms with Gasteiger partial charge in [-0.25, -0.2) is 9.18 Å². The van der Waals surface area contributed by atoms with Crippen molar-refractivity contribution in [2.24, 2.45) is 0 Å². The summed E-state index contributed by atoms with van der Waals surface area (Å²) in [4.78, 5) is 14.7. The third-order valence-electron chi connectivity index (χ3n) is 5.38. The average molecular weight is 388 g/mol. The quantitative estimate of drug-likeness (QED) is 0.873. The fourth-order valence-electron chi connectivity index (χ4n) is 3.76. The Balaban J connectivity index is 1.53. The number of amides is 2. The molecule has 4 rings (SSSR count). The highest BCUT2D eigenvalue weighted by Crippen LogP contribution is 2.53. The van der Waals surface area contributed by atoms with Crippen LogP contribution in [0.3, 0.4) is 0 Å². The lowest BCUT2D eigenvalue weighted by atomic mass is 9.87. The highest BCUT2D eigenvalue weighted by Gasteiger charge is 2.50. The Kier molecular flexibility index (Phi) is 4.42. The van der Waals surface area contributed by atoms with E-state index in [1.165, 1.54) is 24.0 Å². The molecule has 142 valence electrons. The van der Waals surface area contributed by atoms with Gasteiger partial charge in [-0.15, -0.1) is 0 Å². The number of anilines is 1. The number of carbonyl (C=O) groups is 1. The van der Waals surface area contributed by atoms with Crippen molar-refractivity contribution in [1.29, 1.82) is 0 Å². The number of halogens is 1. The molecule has 5 nitrogen and oxygen atoms in total. The van der Waals surface area contributed by atoms with Crippen molar-refractivity contribution in [3.8, 4) is 5.75 Å². The van der Waals surface area contributed by atoms with E-state index in [1.807, 2.05) is 12.1 Å². The molecule has 1 aliphatic heterocycles. The second-order valence-electron chi connectivity index (χ2n) is 7.19. The van der Waals surface area contributed by atoms with Crippen molar-refractivity contribution < 1.29 is 18.1 Å². The molecule has 2 aromatic carbocycles. The molecule has 0 radical (unpaired) electrons. The summed E-state index contributed by atoms with van der Waals surface area (Å²) in [5.41, 5.74) is 2.76.